The van der Waals surface area contributed by atoms with Gasteiger partial charge in [-0.2, -0.15) is 11.8 Å². The molecule has 7 nitrogen and oxygen atoms in total. The van der Waals surface area contributed by atoms with Gasteiger partial charge in [-0.05, 0) is 76.2 Å². The second-order valence-corrected chi connectivity index (χ2v) is 10.6. The molecule has 0 saturated heterocycles. The van der Waals surface area contributed by atoms with E-state index in [1.54, 1.807) is 39.6 Å². The molecule has 192 valence electrons. The lowest BCUT2D eigenvalue weighted by molar-refractivity contribution is -0.140. The Kier molecular flexibility index (Phi) is 12.5. The van der Waals surface area contributed by atoms with Gasteiger partial charge in [0.15, 0.2) is 0 Å². The van der Waals surface area contributed by atoms with Crippen molar-refractivity contribution in [1.29, 1.82) is 0 Å². The van der Waals surface area contributed by atoms with Gasteiger partial charge in [0.25, 0.3) is 0 Å². The molecule has 0 radical (unpaired) electrons. The molecule has 0 aliphatic rings. The largest absolute Gasteiger partial charge is 0.444 e. The number of hydrogen-bond donors (Lipinski definition) is 2. The lowest BCUT2D eigenvalue weighted by atomic mass is 9.95. The summed E-state index contributed by atoms with van der Waals surface area (Å²) in [6, 6.07) is 4.18. The molecule has 8 heteroatoms. The topological polar surface area (TPSA) is 87.7 Å². The lowest BCUT2D eigenvalue weighted by Gasteiger charge is -2.32. The Balaban J connectivity index is 3.23. The predicted octanol–water partition coefficient (Wildman–Crippen LogP) is 4.76. The molecule has 2 N–H and O–H groups in total. The molecule has 34 heavy (non-hydrogen) atoms. The summed E-state index contributed by atoms with van der Waals surface area (Å²) in [5.74, 6) is 0.133. The molecule has 0 aliphatic heterocycles. The number of alkyl carbamates (subject to hydrolysis) is 1. The highest BCUT2D eigenvalue weighted by Crippen LogP contribution is 2.26. The maximum atomic E-state index is 13.6. The molecule has 0 saturated carbocycles. The second kappa shape index (κ2) is 14.2. The number of thioether (sulfide) groups is 1. The highest BCUT2D eigenvalue weighted by molar-refractivity contribution is 7.98. The normalized spacial score (nSPS) is 13.1. The standard InChI is InChI=1S/C26H43N3O4S/c1-9-10-11-16-27-23(30)22(20-14-12-13-18(2)19(20)3)29(7)24(31)21(15-17-34-8)28-25(32)33-26(4,5)6/h12-14,21-22H,9-11,15-17H2,1-8H3,(H,27,30)(H,28,32). The number of aryl methyl sites for hydroxylation is 1. The summed E-state index contributed by atoms with van der Waals surface area (Å²) < 4.78 is 5.37. The van der Waals surface area contributed by atoms with Gasteiger partial charge in [0, 0.05) is 13.6 Å². The maximum absolute atomic E-state index is 13.6. The zero-order chi connectivity index (χ0) is 25.9. The number of carbonyl (C=O) groups is 3. The Labute approximate surface area is 209 Å². The van der Waals surface area contributed by atoms with Crippen molar-refractivity contribution in [1.82, 2.24) is 15.5 Å². The van der Waals surface area contributed by atoms with Crippen LogP contribution in [0.4, 0.5) is 4.79 Å². The van der Waals surface area contributed by atoms with Crippen LogP contribution in [0.15, 0.2) is 18.2 Å². The van der Waals surface area contributed by atoms with Crippen LogP contribution >= 0.6 is 11.8 Å². The first-order valence-corrected chi connectivity index (χ1v) is 13.4. The highest BCUT2D eigenvalue weighted by Gasteiger charge is 2.34. The van der Waals surface area contributed by atoms with Gasteiger partial charge in [-0.3, -0.25) is 9.59 Å². The fraction of sp³-hybridized carbons (Fsp3) is 0.654. The van der Waals surface area contributed by atoms with E-state index in [2.05, 4.69) is 17.6 Å². The molecule has 0 fully saturated rings. The van der Waals surface area contributed by atoms with Crippen LogP contribution in [-0.2, 0) is 14.3 Å². The third-order valence-corrected chi connectivity index (χ3v) is 6.25. The summed E-state index contributed by atoms with van der Waals surface area (Å²) in [6.07, 6.45) is 4.70. The number of carbonyl (C=O) groups excluding carboxylic acids is 3. The van der Waals surface area contributed by atoms with Crippen molar-refractivity contribution in [3.8, 4) is 0 Å². The van der Waals surface area contributed by atoms with Crippen LogP contribution in [0, 0.1) is 13.8 Å². The lowest BCUT2D eigenvalue weighted by Crippen LogP contribution is -2.52. The van der Waals surface area contributed by atoms with Crippen LogP contribution in [-0.4, -0.2) is 60.1 Å². The molecule has 0 bridgehead atoms. The van der Waals surface area contributed by atoms with E-state index in [0.717, 1.165) is 36.0 Å². The van der Waals surface area contributed by atoms with Crippen molar-refractivity contribution >= 4 is 29.7 Å². The SMILES string of the molecule is CCCCCNC(=O)C(c1cccc(C)c1C)N(C)C(=O)C(CCSC)NC(=O)OC(C)(C)C. The fourth-order valence-electron chi connectivity index (χ4n) is 3.59. The molecule has 1 aromatic rings. The molecule has 2 atom stereocenters. The summed E-state index contributed by atoms with van der Waals surface area (Å²) >= 11 is 1.59. The van der Waals surface area contributed by atoms with Crippen LogP contribution in [0.25, 0.3) is 0 Å². The van der Waals surface area contributed by atoms with E-state index >= 15 is 0 Å². The third kappa shape index (κ3) is 9.57. The maximum Gasteiger partial charge on any atom is 0.408 e. The zero-order valence-corrected chi connectivity index (χ0v) is 22.9. The number of likely N-dealkylation sites (N-methyl/N-ethyl adjacent to an activating group) is 1. The Bertz CT molecular complexity index is 823. The number of nitrogens with zero attached hydrogens (tertiary/aromatic N) is 1. The van der Waals surface area contributed by atoms with E-state index in [1.165, 1.54) is 4.90 Å². The molecule has 1 rings (SSSR count). The molecule has 3 amide bonds. The first-order chi connectivity index (χ1) is 15.9. The van der Waals surface area contributed by atoms with Crippen molar-refractivity contribution in [3.63, 3.8) is 0 Å². The number of amides is 3. The first-order valence-electron chi connectivity index (χ1n) is 12.0. The van der Waals surface area contributed by atoms with E-state index in [1.807, 2.05) is 38.3 Å². The van der Waals surface area contributed by atoms with Crippen LogP contribution in [0.2, 0.25) is 0 Å². The van der Waals surface area contributed by atoms with Gasteiger partial charge in [0.2, 0.25) is 11.8 Å². The molecule has 1 aromatic carbocycles. The Morgan fingerprint density at radius 1 is 1.15 bits per heavy atom. The fourth-order valence-corrected chi connectivity index (χ4v) is 4.07. The number of hydrogen-bond acceptors (Lipinski definition) is 5. The van der Waals surface area contributed by atoms with E-state index < -0.39 is 23.8 Å². The first kappa shape index (κ1) is 29.8. The monoisotopic (exact) mass is 493 g/mol. The molecule has 0 aliphatic carbocycles. The van der Waals surface area contributed by atoms with E-state index in [4.69, 9.17) is 4.74 Å². The quantitative estimate of drug-likeness (QED) is 0.410. The van der Waals surface area contributed by atoms with Crippen molar-refractivity contribution in [2.75, 3.05) is 25.6 Å². The van der Waals surface area contributed by atoms with Crippen LogP contribution in [0.3, 0.4) is 0 Å². The highest BCUT2D eigenvalue weighted by atomic mass is 32.2. The summed E-state index contributed by atoms with van der Waals surface area (Å²) in [7, 11) is 1.63. The van der Waals surface area contributed by atoms with E-state index in [0.29, 0.717) is 18.7 Å². The average Bonchev–Trinajstić information content (AvgIpc) is 2.75. The Morgan fingerprint density at radius 2 is 1.82 bits per heavy atom. The van der Waals surface area contributed by atoms with Crippen LogP contribution in [0.1, 0.15) is 76.1 Å². The Hall–Kier alpha value is -2.22. The average molecular weight is 494 g/mol. The number of ether oxygens (including phenoxy) is 1. The molecule has 0 spiro atoms. The minimum atomic E-state index is -0.800. The Morgan fingerprint density at radius 3 is 2.41 bits per heavy atom. The van der Waals surface area contributed by atoms with Crippen LogP contribution < -0.4 is 10.6 Å². The van der Waals surface area contributed by atoms with Crippen molar-refractivity contribution in [2.45, 2.75) is 84.9 Å². The van der Waals surface area contributed by atoms with Gasteiger partial charge in [-0.25, -0.2) is 4.79 Å². The molecule has 2 unspecified atom stereocenters. The van der Waals surface area contributed by atoms with Gasteiger partial charge in [0.1, 0.15) is 17.7 Å². The van der Waals surface area contributed by atoms with Gasteiger partial charge >= 0.3 is 6.09 Å². The summed E-state index contributed by atoms with van der Waals surface area (Å²) in [5.41, 5.74) is 2.12. The van der Waals surface area contributed by atoms with Crippen molar-refractivity contribution in [2.24, 2.45) is 0 Å². The second-order valence-electron chi connectivity index (χ2n) is 9.62. The number of rotatable bonds is 12. The number of benzene rings is 1. The van der Waals surface area contributed by atoms with Gasteiger partial charge in [-0.1, -0.05) is 38.0 Å². The molecular formula is C26H43N3O4S. The predicted molar refractivity (Wildman–Crippen MR) is 140 cm³/mol. The summed E-state index contributed by atoms with van der Waals surface area (Å²) in [6.45, 7) is 11.9. The minimum absolute atomic E-state index is 0.221. The van der Waals surface area contributed by atoms with Gasteiger partial charge in [0.05, 0.1) is 0 Å². The number of unbranched alkanes of at least 4 members (excludes halogenated alkanes) is 2. The smallest absolute Gasteiger partial charge is 0.408 e. The third-order valence-electron chi connectivity index (χ3n) is 5.60. The molecule has 0 aromatic heterocycles. The summed E-state index contributed by atoms with van der Waals surface area (Å²) in [5, 5.41) is 5.73. The molecular weight excluding hydrogens is 450 g/mol. The van der Waals surface area contributed by atoms with Gasteiger partial charge < -0.3 is 20.3 Å². The minimum Gasteiger partial charge on any atom is -0.444 e. The summed E-state index contributed by atoms with van der Waals surface area (Å²) in [4.78, 5) is 40.9. The van der Waals surface area contributed by atoms with E-state index in [9.17, 15) is 14.4 Å². The molecule has 0 heterocycles. The van der Waals surface area contributed by atoms with E-state index in [-0.39, 0.29) is 11.8 Å². The van der Waals surface area contributed by atoms with Crippen LogP contribution in [0.5, 0.6) is 0 Å². The number of nitrogens with one attached hydrogen (secondary N) is 2. The van der Waals surface area contributed by atoms with Crippen molar-refractivity contribution < 1.29 is 19.1 Å². The zero-order valence-electron chi connectivity index (χ0n) is 22.1. The van der Waals surface area contributed by atoms with Gasteiger partial charge in [-0.15, -0.1) is 0 Å². The van der Waals surface area contributed by atoms with Crippen molar-refractivity contribution in [3.05, 3.63) is 34.9 Å².